The molecule has 0 unspecified atom stereocenters. The van der Waals surface area contributed by atoms with Crippen LogP contribution in [0.1, 0.15) is 19.0 Å². The Morgan fingerprint density at radius 2 is 1.83 bits per heavy atom. The number of rotatable bonds is 9. The fraction of sp³-hybridized carbons (Fsp3) is 0.304. The van der Waals surface area contributed by atoms with Crippen LogP contribution in [0.3, 0.4) is 0 Å². The molecule has 0 aliphatic rings. The number of ether oxygens (including phenoxy) is 2. The minimum atomic E-state index is -3.48. The summed E-state index contributed by atoms with van der Waals surface area (Å²) >= 11 is 5.94. The van der Waals surface area contributed by atoms with Gasteiger partial charge in [-0.15, -0.1) is 0 Å². The minimum Gasteiger partial charge on any atom is -0.429 e. The van der Waals surface area contributed by atoms with E-state index in [9.17, 15) is 23.5 Å². The van der Waals surface area contributed by atoms with Crippen LogP contribution < -0.4 is 20.7 Å². The first-order valence-electron chi connectivity index (χ1n) is 10.8. The molecule has 0 fully saturated rings. The highest BCUT2D eigenvalue weighted by Gasteiger charge is 2.27. The highest BCUT2D eigenvalue weighted by Crippen LogP contribution is 2.35. The number of aliphatic hydroxyl groups is 1. The number of aryl methyl sites for hydroxylation is 1. The average molecular weight is 522 g/mol. The second-order valence-corrected chi connectivity index (χ2v) is 8.39. The average Bonchev–Trinajstić information content (AvgIpc) is 3.17. The third kappa shape index (κ3) is 5.24. The summed E-state index contributed by atoms with van der Waals surface area (Å²) in [5.74, 6) is -0.326. The summed E-state index contributed by atoms with van der Waals surface area (Å²) in [7, 11) is 1.44. The van der Waals surface area contributed by atoms with Gasteiger partial charge in [-0.25, -0.2) is 4.79 Å². The predicted molar refractivity (Wildman–Crippen MR) is 127 cm³/mol. The standard InChI is InChI=1S/C23H22ClF2N5O5/c1-23(25,26)36-17-7-4-3-6-16(17)35-21-28-19-18(31(21)13-15-9-8-14(24)12-27-15)20(33)30(10-5-11-32)22(34)29(19)2/h3-4,6-9,12,32H,5,10-11,13H2,1-2H3. The summed E-state index contributed by atoms with van der Waals surface area (Å²) in [5.41, 5.74) is -0.739. The van der Waals surface area contributed by atoms with E-state index in [0.29, 0.717) is 17.6 Å². The molecule has 1 N–H and O–H groups in total. The molecule has 10 nitrogen and oxygen atoms in total. The normalized spacial score (nSPS) is 11.7. The van der Waals surface area contributed by atoms with Crippen molar-refractivity contribution in [3.05, 3.63) is 74.1 Å². The van der Waals surface area contributed by atoms with Crippen LogP contribution in [0.4, 0.5) is 8.78 Å². The van der Waals surface area contributed by atoms with Gasteiger partial charge in [0.1, 0.15) is 0 Å². The number of fused-ring (bicyclic) bond motifs is 1. The Balaban J connectivity index is 1.92. The number of pyridine rings is 1. The SMILES string of the molecule is Cn1c(=O)n(CCCO)c(=O)c2c1nc(Oc1ccccc1OC(C)(F)F)n2Cc1ccc(Cl)cn1. The molecule has 0 atom stereocenters. The predicted octanol–water partition coefficient (Wildman–Crippen LogP) is 3.16. The first kappa shape index (κ1) is 25.3. The van der Waals surface area contributed by atoms with Gasteiger partial charge in [-0.05, 0) is 30.7 Å². The number of imidazole rings is 1. The van der Waals surface area contributed by atoms with Crippen LogP contribution in [-0.4, -0.2) is 41.5 Å². The van der Waals surface area contributed by atoms with Gasteiger partial charge in [-0.2, -0.15) is 13.8 Å². The van der Waals surface area contributed by atoms with E-state index < -0.39 is 17.4 Å². The topological polar surface area (TPSA) is 113 Å². The van der Waals surface area contributed by atoms with E-state index >= 15 is 0 Å². The maximum Gasteiger partial charge on any atom is 0.395 e. The van der Waals surface area contributed by atoms with E-state index in [0.717, 1.165) is 4.57 Å². The highest BCUT2D eigenvalue weighted by molar-refractivity contribution is 6.30. The van der Waals surface area contributed by atoms with Crippen molar-refractivity contribution in [2.45, 2.75) is 32.5 Å². The molecule has 3 aromatic heterocycles. The third-order valence-corrected chi connectivity index (χ3v) is 5.41. The Labute approximate surface area is 207 Å². The van der Waals surface area contributed by atoms with Crippen molar-refractivity contribution in [2.24, 2.45) is 7.05 Å². The van der Waals surface area contributed by atoms with E-state index in [-0.39, 0.29) is 54.8 Å². The van der Waals surface area contributed by atoms with Gasteiger partial charge in [0, 0.05) is 33.3 Å². The fourth-order valence-electron chi connectivity index (χ4n) is 3.57. The molecule has 4 aromatic rings. The number of hydrogen-bond acceptors (Lipinski definition) is 7. The Morgan fingerprint density at radius 1 is 1.11 bits per heavy atom. The third-order valence-electron chi connectivity index (χ3n) is 5.19. The molecule has 0 amide bonds. The molecular weight excluding hydrogens is 500 g/mol. The first-order chi connectivity index (χ1) is 17.1. The number of benzene rings is 1. The molecule has 0 radical (unpaired) electrons. The van der Waals surface area contributed by atoms with Crippen molar-refractivity contribution < 1.29 is 23.4 Å². The van der Waals surface area contributed by atoms with Gasteiger partial charge in [0.25, 0.3) is 5.56 Å². The Bertz CT molecular complexity index is 1510. The summed E-state index contributed by atoms with van der Waals surface area (Å²) in [4.78, 5) is 34.8. The number of para-hydroxylation sites is 2. The van der Waals surface area contributed by atoms with Gasteiger partial charge < -0.3 is 14.6 Å². The van der Waals surface area contributed by atoms with Crippen molar-refractivity contribution in [3.63, 3.8) is 0 Å². The number of aromatic nitrogens is 5. The van der Waals surface area contributed by atoms with Gasteiger partial charge in [-0.3, -0.25) is 23.5 Å². The molecule has 3 heterocycles. The lowest BCUT2D eigenvalue weighted by molar-refractivity contribution is -0.159. The maximum absolute atomic E-state index is 13.6. The number of alkyl halides is 2. The molecule has 0 bridgehead atoms. The fourth-order valence-corrected chi connectivity index (χ4v) is 3.69. The molecule has 190 valence electrons. The van der Waals surface area contributed by atoms with Crippen LogP contribution >= 0.6 is 11.6 Å². The lowest BCUT2D eigenvalue weighted by Crippen LogP contribution is -2.39. The molecule has 4 rings (SSSR count). The smallest absolute Gasteiger partial charge is 0.395 e. The largest absolute Gasteiger partial charge is 0.429 e. The second-order valence-electron chi connectivity index (χ2n) is 7.95. The van der Waals surface area contributed by atoms with E-state index in [2.05, 4.69) is 9.97 Å². The van der Waals surface area contributed by atoms with Crippen LogP contribution in [0.5, 0.6) is 17.5 Å². The molecule has 0 aliphatic carbocycles. The van der Waals surface area contributed by atoms with Crippen LogP contribution in [0.2, 0.25) is 5.02 Å². The summed E-state index contributed by atoms with van der Waals surface area (Å²) in [6.45, 7) is 0.356. The number of nitrogens with zero attached hydrogens (tertiary/aromatic N) is 5. The Hall–Kier alpha value is -3.77. The van der Waals surface area contributed by atoms with Crippen molar-refractivity contribution in [3.8, 4) is 17.5 Å². The molecule has 36 heavy (non-hydrogen) atoms. The number of hydrogen-bond donors (Lipinski definition) is 1. The molecular formula is C23H22ClF2N5O5. The van der Waals surface area contributed by atoms with Crippen LogP contribution in [0.25, 0.3) is 11.2 Å². The number of halogens is 3. The molecule has 0 saturated heterocycles. The molecule has 1 aromatic carbocycles. The van der Waals surface area contributed by atoms with Gasteiger partial charge in [-0.1, -0.05) is 23.7 Å². The van der Waals surface area contributed by atoms with Crippen molar-refractivity contribution in [1.29, 1.82) is 0 Å². The molecule has 0 aliphatic heterocycles. The lowest BCUT2D eigenvalue weighted by Gasteiger charge is -2.16. The van der Waals surface area contributed by atoms with Crippen molar-refractivity contribution >= 4 is 22.8 Å². The van der Waals surface area contributed by atoms with Gasteiger partial charge in [0.2, 0.25) is 0 Å². The zero-order valence-corrected chi connectivity index (χ0v) is 20.1. The minimum absolute atomic E-state index is 0.0105. The summed E-state index contributed by atoms with van der Waals surface area (Å²) in [6.07, 6.45) is -1.86. The van der Waals surface area contributed by atoms with E-state index in [1.165, 1.54) is 40.6 Å². The first-order valence-corrected chi connectivity index (χ1v) is 11.2. The van der Waals surface area contributed by atoms with Gasteiger partial charge >= 0.3 is 17.8 Å². The van der Waals surface area contributed by atoms with Crippen LogP contribution in [0.15, 0.2) is 52.2 Å². The van der Waals surface area contributed by atoms with E-state index in [4.69, 9.17) is 21.1 Å². The summed E-state index contributed by atoms with van der Waals surface area (Å²) < 4.78 is 41.3. The van der Waals surface area contributed by atoms with Crippen molar-refractivity contribution in [2.75, 3.05) is 6.61 Å². The van der Waals surface area contributed by atoms with Crippen LogP contribution in [0, 0.1) is 0 Å². The zero-order valence-electron chi connectivity index (χ0n) is 19.3. The second kappa shape index (κ2) is 10.1. The highest BCUT2D eigenvalue weighted by atomic mass is 35.5. The molecule has 0 saturated carbocycles. The maximum atomic E-state index is 13.6. The van der Waals surface area contributed by atoms with Crippen molar-refractivity contribution in [1.82, 2.24) is 23.7 Å². The lowest BCUT2D eigenvalue weighted by atomic mass is 10.3. The van der Waals surface area contributed by atoms with Gasteiger partial charge in [0.15, 0.2) is 22.7 Å². The Kier molecular flexibility index (Phi) is 7.09. The van der Waals surface area contributed by atoms with Gasteiger partial charge in [0.05, 0.1) is 17.3 Å². The monoisotopic (exact) mass is 521 g/mol. The number of aliphatic hydroxyl groups excluding tert-OH is 1. The quantitative estimate of drug-likeness (QED) is 0.360. The molecule has 0 spiro atoms. The van der Waals surface area contributed by atoms with E-state index in [1.807, 2.05) is 0 Å². The summed E-state index contributed by atoms with van der Waals surface area (Å²) in [5, 5.41) is 9.60. The summed E-state index contributed by atoms with van der Waals surface area (Å²) in [6, 6.07) is 8.87. The zero-order chi connectivity index (χ0) is 26.0. The molecule has 13 heteroatoms. The van der Waals surface area contributed by atoms with Crippen LogP contribution in [-0.2, 0) is 20.1 Å². The van der Waals surface area contributed by atoms with E-state index in [1.54, 1.807) is 18.2 Å². The Morgan fingerprint density at radius 3 is 2.47 bits per heavy atom.